The van der Waals surface area contributed by atoms with E-state index in [0.29, 0.717) is 17.8 Å². The number of thiazole rings is 1. The highest BCUT2D eigenvalue weighted by Gasteiger charge is 2.19. The molecule has 3 heterocycles. The second-order valence-corrected chi connectivity index (χ2v) is 7.44. The van der Waals surface area contributed by atoms with E-state index >= 15 is 0 Å². The van der Waals surface area contributed by atoms with Crippen molar-refractivity contribution in [3.63, 3.8) is 0 Å². The molecule has 142 valence electrons. The van der Waals surface area contributed by atoms with E-state index in [1.54, 1.807) is 29.5 Å². The maximum Gasteiger partial charge on any atom is 0.294 e. The molecular weight excluding hydrogens is 380 g/mol. The van der Waals surface area contributed by atoms with Crippen LogP contribution in [0.3, 0.4) is 0 Å². The van der Waals surface area contributed by atoms with E-state index in [4.69, 9.17) is 0 Å². The molecule has 4 aromatic rings. The summed E-state index contributed by atoms with van der Waals surface area (Å²) in [6.07, 6.45) is 2.81. The average Bonchev–Trinajstić information content (AvgIpc) is 3.31. The Kier molecular flexibility index (Phi) is 4.47. The summed E-state index contributed by atoms with van der Waals surface area (Å²) in [4.78, 5) is 32.5. The molecule has 0 fully saturated rings. The molecule has 4 rings (SSSR count). The fraction of sp³-hybridized carbons (Fsp3) is 0.222. The molecule has 0 N–H and O–H groups in total. The number of benzene rings is 1. The van der Waals surface area contributed by atoms with Crippen LogP contribution >= 0.6 is 11.3 Å². The van der Waals surface area contributed by atoms with Crippen LogP contribution in [0.15, 0.2) is 47.0 Å². The smallest absolute Gasteiger partial charge is 0.292 e. The number of nitro benzene ring substituents is 1. The summed E-state index contributed by atoms with van der Waals surface area (Å²) in [5.41, 5.74) is 0.948. The van der Waals surface area contributed by atoms with Crippen LogP contribution in [0.4, 0.5) is 5.69 Å². The number of nitro groups is 1. The lowest BCUT2D eigenvalue weighted by Crippen LogP contribution is -2.21. The second-order valence-electron chi connectivity index (χ2n) is 6.55. The molecule has 9 nitrogen and oxygen atoms in total. The van der Waals surface area contributed by atoms with Gasteiger partial charge in [0.05, 0.1) is 28.4 Å². The van der Waals surface area contributed by atoms with Crippen LogP contribution in [-0.4, -0.2) is 29.2 Å². The third-order valence-electron chi connectivity index (χ3n) is 4.26. The van der Waals surface area contributed by atoms with Gasteiger partial charge in [0, 0.05) is 17.4 Å². The summed E-state index contributed by atoms with van der Waals surface area (Å²) in [5, 5.41) is 18.7. The molecule has 0 unspecified atom stereocenters. The van der Waals surface area contributed by atoms with Gasteiger partial charge in [0.1, 0.15) is 17.4 Å². The van der Waals surface area contributed by atoms with Crippen molar-refractivity contribution < 1.29 is 4.92 Å². The Morgan fingerprint density at radius 2 is 2.07 bits per heavy atom. The largest absolute Gasteiger partial charge is 0.294 e. The molecule has 0 saturated heterocycles. The van der Waals surface area contributed by atoms with E-state index in [-0.39, 0.29) is 22.6 Å². The number of hydrogen-bond acceptors (Lipinski definition) is 7. The Balaban J connectivity index is 1.76. The van der Waals surface area contributed by atoms with E-state index < -0.39 is 4.92 Å². The molecule has 0 aliphatic heterocycles. The quantitative estimate of drug-likeness (QED) is 0.379. The zero-order valence-corrected chi connectivity index (χ0v) is 16.0. The van der Waals surface area contributed by atoms with Crippen molar-refractivity contribution in [2.75, 3.05) is 0 Å². The minimum absolute atomic E-state index is 0.109. The van der Waals surface area contributed by atoms with Crippen molar-refractivity contribution in [1.29, 1.82) is 0 Å². The first kappa shape index (κ1) is 18.0. The van der Waals surface area contributed by atoms with Gasteiger partial charge in [0.15, 0.2) is 5.65 Å². The van der Waals surface area contributed by atoms with Gasteiger partial charge in [0.2, 0.25) is 0 Å². The van der Waals surface area contributed by atoms with Gasteiger partial charge >= 0.3 is 0 Å². The summed E-state index contributed by atoms with van der Waals surface area (Å²) in [6.45, 7) is 4.45. The number of fused-ring (bicyclic) bond motifs is 1. The highest BCUT2D eigenvalue weighted by molar-refractivity contribution is 7.09. The van der Waals surface area contributed by atoms with Gasteiger partial charge in [-0.15, -0.1) is 11.3 Å². The van der Waals surface area contributed by atoms with Gasteiger partial charge in [-0.25, -0.2) is 14.6 Å². The average molecular weight is 396 g/mol. The van der Waals surface area contributed by atoms with Crippen LogP contribution in [0.5, 0.6) is 0 Å². The normalized spacial score (nSPS) is 11.4. The Bertz CT molecular complexity index is 1240. The lowest BCUT2D eigenvalue weighted by molar-refractivity contribution is -0.384. The van der Waals surface area contributed by atoms with Crippen molar-refractivity contribution in [2.24, 2.45) is 0 Å². The minimum Gasteiger partial charge on any atom is -0.292 e. The number of rotatable bonds is 5. The van der Waals surface area contributed by atoms with Gasteiger partial charge in [-0.1, -0.05) is 26.0 Å². The van der Waals surface area contributed by atoms with Gasteiger partial charge in [-0.2, -0.15) is 5.10 Å². The highest BCUT2D eigenvalue weighted by Crippen LogP contribution is 2.24. The van der Waals surface area contributed by atoms with Crippen molar-refractivity contribution in [2.45, 2.75) is 26.3 Å². The molecule has 0 radical (unpaired) electrons. The molecule has 0 amide bonds. The summed E-state index contributed by atoms with van der Waals surface area (Å²) in [5.74, 6) is 0.330. The van der Waals surface area contributed by atoms with E-state index in [0.717, 1.165) is 10.7 Å². The summed E-state index contributed by atoms with van der Waals surface area (Å²) >= 11 is 1.56. The summed E-state index contributed by atoms with van der Waals surface area (Å²) in [6, 6.07) is 6.21. The first-order valence-electron chi connectivity index (χ1n) is 8.57. The molecule has 28 heavy (non-hydrogen) atoms. The van der Waals surface area contributed by atoms with Crippen LogP contribution in [0.1, 0.15) is 30.5 Å². The molecule has 0 saturated carbocycles. The van der Waals surface area contributed by atoms with Gasteiger partial charge in [-0.3, -0.25) is 19.5 Å². The monoisotopic (exact) mass is 396 g/mol. The Morgan fingerprint density at radius 3 is 2.79 bits per heavy atom. The second kappa shape index (κ2) is 6.97. The van der Waals surface area contributed by atoms with Gasteiger partial charge in [0.25, 0.3) is 11.2 Å². The molecule has 1 aromatic carbocycles. The van der Waals surface area contributed by atoms with Crippen LogP contribution in [-0.2, 0) is 6.54 Å². The Hall–Kier alpha value is -3.40. The number of hydrogen-bond donors (Lipinski definition) is 0. The molecule has 0 aliphatic rings. The molecule has 3 aromatic heterocycles. The van der Waals surface area contributed by atoms with Crippen LogP contribution in [0, 0.1) is 10.1 Å². The predicted octanol–water partition coefficient (Wildman–Crippen LogP) is 3.12. The highest BCUT2D eigenvalue weighted by atomic mass is 32.1. The van der Waals surface area contributed by atoms with Crippen molar-refractivity contribution in [1.82, 2.24) is 24.3 Å². The molecule has 10 heteroatoms. The lowest BCUT2D eigenvalue weighted by Gasteiger charge is -2.05. The molecule has 0 atom stereocenters. The Morgan fingerprint density at radius 1 is 1.29 bits per heavy atom. The van der Waals surface area contributed by atoms with Gasteiger partial charge in [-0.05, 0) is 6.07 Å². The number of nitrogens with zero attached hydrogens (tertiary/aromatic N) is 6. The third-order valence-corrected chi connectivity index (χ3v) is 5.45. The van der Waals surface area contributed by atoms with Crippen molar-refractivity contribution in [3.05, 3.63) is 73.3 Å². The van der Waals surface area contributed by atoms with E-state index in [9.17, 15) is 14.9 Å². The van der Waals surface area contributed by atoms with Crippen molar-refractivity contribution in [3.8, 4) is 5.69 Å². The summed E-state index contributed by atoms with van der Waals surface area (Å²) in [7, 11) is 0. The van der Waals surface area contributed by atoms with Crippen LogP contribution in [0.25, 0.3) is 16.7 Å². The van der Waals surface area contributed by atoms with Crippen molar-refractivity contribution >= 4 is 28.1 Å². The fourth-order valence-corrected chi connectivity index (χ4v) is 3.70. The molecular formula is C18H16N6O3S. The molecule has 0 aliphatic carbocycles. The van der Waals surface area contributed by atoms with Crippen LogP contribution in [0.2, 0.25) is 0 Å². The van der Waals surface area contributed by atoms with E-state index in [1.807, 2.05) is 5.38 Å². The third kappa shape index (κ3) is 3.07. The maximum atomic E-state index is 12.8. The van der Waals surface area contributed by atoms with E-state index in [2.05, 4.69) is 28.9 Å². The first-order valence-corrected chi connectivity index (χ1v) is 9.45. The molecule has 0 spiro atoms. The SMILES string of the molecule is CC(C)c1nc(Cn2cnc3c(cnn3-c3ccccc3[N+](=O)[O-])c2=O)cs1. The number of aromatic nitrogens is 5. The topological polar surface area (TPSA) is 109 Å². The minimum atomic E-state index is -0.487. The fourth-order valence-electron chi connectivity index (χ4n) is 2.87. The lowest BCUT2D eigenvalue weighted by atomic mass is 10.2. The van der Waals surface area contributed by atoms with Crippen LogP contribution < -0.4 is 5.56 Å². The zero-order chi connectivity index (χ0) is 19.8. The standard InChI is InChI=1S/C18H16N6O3S/c1-11(2)17-21-12(9-28-17)8-22-10-19-16-13(18(22)25)7-20-23(16)14-5-3-4-6-15(14)24(26)27/h3-7,9-11H,8H2,1-2H3. The Labute approximate surface area is 163 Å². The van der Waals surface area contributed by atoms with Gasteiger partial charge < -0.3 is 0 Å². The molecule has 0 bridgehead atoms. The predicted molar refractivity (Wildman–Crippen MR) is 105 cm³/mol. The van der Waals surface area contributed by atoms with E-state index in [1.165, 1.54) is 27.8 Å². The summed E-state index contributed by atoms with van der Waals surface area (Å²) < 4.78 is 2.78. The number of para-hydroxylation sites is 2. The first-order chi connectivity index (χ1) is 13.5. The maximum absolute atomic E-state index is 12.8. The zero-order valence-electron chi connectivity index (χ0n) is 15.1.